The van der Waals surface area contributed by atoms with Gasteiger partial charge in [-0.05, 0) is 81.1 Å². The van der Waals surface area contributed by atoms with Gasteiger partial charge in [-0.3, -0.25) is 4.79 Å². The molecule has 0 unspecified atom stereocenters. The maximum absolute atomic E-state index is 10.6. The Morgan fingerprint density at radius 3 is 2.39 bits per heavy atom. The minimum atomic E-state index is 0.535. The van der Waals surface area contributed by atoms with E-state index in [0.717, 1.165) is 21.2 Å². The third kappa shape index (κ3) is 3.68. The van der Waals surface area contributed by atoms with Crippen LogP contribution in [0.3, 0.4) is 0 Å². The van der Waals surface area contributed by atoms with Crippen molar-refractivity contribution >= 4 is 51.5 Å². The number of benzene rings is 2. The fourth-order valence-corrected chi connectivity index (χ4v) is 2.50. The lowest BCUT2D eigenvalue weighted by Crippen LogP contribution is -1.97. The molecule has 92 valence electrons. The van der Waals surface area contributed by atoms with E-state index < -0.39 is 0 Å². The molecule has 2 aromatic carbocycles. The molecule has 0 saturated carbocycles. The monoisotopic (exact) mass is 464 g/mol. The minimum absolute atomic E-state index is 0.535. The molecule has 0 amide bonds. The third-order valence-corrected chi connectivity index (χ3v) is 3.96. The molecule has 0 atom stereocenters. The number of ether oxygens (including phenoxy) is 1. The Kier molecular flexibility index (Phi) is 4.99. The lowest BCUT2D eigenvalue weighted by molar-refractivity contribution is 0.112. The summed E-state index contributed by atoms with van der Waals surface area (Å²) >= 11 is 4.45. The van der Waals surface area contributed by atoms with Gasteiger partial charge in [0, 0.05) is 9.13 Å². The topological polar surface area (TPSA) is 26.3 Å². The summed E-state index contributed by atoms with van der Waals surface area (Å²) in [6.45, 7) is 0.535. The van der Waals surface area contributed by atoms with E-state index in [1.165, 1.54) is 3.57 Å². The smallest absolute Gasteiger partial charge is 0.150 e. The number of rotatable bonds is 4. The van der Waals surface area contributed by atoms with Crippen LogP contribution in [0.5, 0.6) is 5.75 Å². The zero-order chi connectivity index (χ0) is 13.0. The molecule has 0 saturated heterocycles. The van der Waals surface area contributed by atoms with Crippen molar-refractivity contribution in [2.75, 3.05) is 0 Å². The van der Waals surface area contributed by atoms with Crippen LogP contribution in [0.15, 0.2) is 42.5 Å². The van der Waals surface area contributed by atoms with E-state index in [2.05, 4.69) is 69.4 Å². The SMILES string of the molecule is O=Cc1ccc(OCc2ccc(I)cc2)c(I)c1. The lowest BCUT2D eigenvalue weighted by atomic mass is 10.2. The molecule has 4 heteroatoms. The van der Waals surface area contributed by atoms with Crippen LogP contribution < -0.4 is 4.74 Å². The van der Waals surface area contributed by atoms with Gasteiger partial charge in [-0.1, -0.05) is 12.1 Å². The van der Waals surface area contributed by atoms with Crippen LogP contribution in [0.4, 0.5) is 0 Å². The average Bonchev–Trinajstić information content (AvgIpc) is 2.39. The van der Waals surface area contributed by atoms with Crippen molar-refractivity contribution in [3.8, 4) is 5.75 Å². The van der Waals surface area contributed by atoms with E-state index >= 15 is 0 Å². The van der Waals surface area contributed by atoms with Crippen LogP contribution in [0, 0.1) is 7.14 Å². The summed E-state index contributed by atoms with van der Waals surface area (Å²) in [4.78, 5) is 10.6. The van der Waals surface area contributed by atoms with Gasteiger partial charge in [0.25, 0.3) is 0 Å². The molecule has 0 aliphatic heterocycles. The summed E-state index contributed by atoms with van der Waals surface area (Å²) in [5.74, 6) is 0.805. The Hall–Kier alpha value is -0.630. The van der Waals surface area contributed by atoms with E-state index in [1.807, 2.05) is 12.1 Å². The molecule has 0 heterocycles. The molecular weight excluding hydrogens is 454 g/mol. The minimum Gasteiger partial charge on any atom is -0.488 e. The molecule has 2 nitrogen and oxygen atoms in total. The largest absolute Gasteiger partial charge is 0.488 e. The third-order valence-electron chi connectivity index (χ3n) is 2.40. The number of hydrogen-bond acceptors (Lipinski definition) is 2. The molecule has 0 N–H and O–H groups in total. The fraction of sp³-hybridized carbons (Fsp3) is 0.0714. The van der Waals surface area contributed by atoms with Gasteiger partial charge in [0.05, 0.1) is 3.57 Å². The molecule has 0 aliphatic rings. The first-order valence-corrected chi connectivity index (χ1v) is 7.47. The van der Waals surface area contributed by atoms with E-state index in [1.54, 1.807) is 6.07 Å². The molecular formula is C14H10I2O2. The molecule has 0 fully saturated rings. The molecule has 0 bridgehead atoms. The summed E-state index contributed by atoms with van der Waals surface area (Å²) in [5.41, 5.74) is 1.80. The second-order valence-corrected chi connectivity index (χ2v) is 6.13. The number of halogens is 2. The number of carbonyl (C=O) groups is 1. The highest BCUT2D eigenvalue weighted by Gasteiger charge is 2.02. The maximum Gasteiger partial charge on any atom is 0.150 e. The van der Waals surface area contributed by atoms with Crippen molar-refractivity contribution in [1.82, 2.24) is 0 Å². The second kappa shape index (κ2) is 6.51. The highest BCUT2D eigenvalue weighted by Crippen LogP contribution is 2.22. The second-order valence-electron chi connectivity index (χ2n) is 3.72. The normalized spacial score (nSPS) is 10.1. The van der Waals surface area contributed by atoms with Crippen LogP contribution in [-0.2, 0) is 6.61 Å². The van der Waals surface area contributed by atoms with Crippen molar-refractivity contribution in [3.63, 3.8) is 0 Å². The fourth-order valence-electron chi connectivity index (χ4n) is 1.45. The van der Waals surface area contributed by atoms with E-state index in [4.69, 9.17) is 4.74 Å². The van der Waals surface area contributed by atoms with Gasteiger partial charge < -0.3 is 4.74 Å². The van der Waals surface area contributed by atoms with Crippen LogP contribution >= 0.6 is 45.2 Å². The Morgan fingerprint density at radius 1 is 1.06 bits per heavy atom. The zero-order valence-electron chi connectivity index (χ0n) is 9.40. The molecule has 0 aliphatic carbocycles. The average molecular weight is 464 g/mol. The zero-order valence-corrected chi connectivity index (χ0v) is 13.7. The summed E-state index contributed by atoms with van der Waals surface area (Å²) < 4.78 is 7.89. The molecule has 2 aromatic rings. The summed E-state index contributed by atoms with van der Waals surface area (Å²) in [7, 11) is 0. The van der Waals surface area contributed by atoms with Crippen molar-refractivity contribution in [1.29, 1.82) is 0 Å². The van der Waals surface area contributed by atoms with Gasteiger partial charge in [0.1, 0.15) is 18.6 Å². The van der Waals surface area contributed by atoms with Crippen LogP contribution in [0.2, 0.25) is 0 Å². The Labute approximate surface area is 133 Å². The van der Waals surface area contributed by atoms with Gasteiger partial charge in [-0.15, -0.1) is 0 Å². The van der Waals surface area contributed by atoms with Crippen LogP contribution in [0.1, 0.15) is 15.9 Å². The molecule has 0 spiro atoms. The number of carbonyl (C=O) groups excluding carboxylic acids is 1. The quantitative estimate of drug-likeness (QED) is 0.499. The summed E-state index contributed by atoms with van der Waals surface area (Å²) in [6, 6.07) is 13.6. The highest BCUT2D eigenvalue weighted by atomic mass is 127. The first-order chi connectivity index (χ1) is 8.69. The Bertz CT molecular complexity index is 550. The number of aldehydes is 1. The van der Waals surface area contributed by atoms with E-state index in [0.29, 0.717) is 12.2 Å². The first kappa shape index (κ1) is 13.8. The molecule has 0 radical (unpaired) electrons. The summed E-state index contributed by atoms with van der Waals surface area (Å²) in [5, 5.41) is 0. The Morgan fingerprint density at radius 2 is 1.78 bits per heavy atom. The van der Waals surface area contributed by atoms with Crippen molar-refractivity contribution in [2.24, 2.45) is 0 Å². The maximum atomic E-state index is 10.6. The van der Waals surface area contributed by atoms with Crippen LogP contribution in [0.25, 0.3) is 0 Å². The van der Waals surface area contributed by atoms with Gasteiger partial charge in [-0.2, -0.15) is 0 Å². The predicted molar refractivity (Wildman–Crippen MR) is 88.0 cm³/mol. The molecule has 0 aromatic heterocycles. The predicted octanol–water partition coefficient (Wildman–Crippen LogP) is 4.29. The summed E-state index contributed by atoms with van der Waals surface area (Å²) in [6.07, 6.45) is 0.838. The number of hydrogen-bond donors (Lipinski definition) is 0. The van der Waals surface area contributed by atoms with Gasteiger partial charge in [0.15, 0.2) is 0 Å². The first-order valence-electron chi connectivity index (χ1n) is 5.31. The van der Waals surface area contributed by atoms with Gasteiger partial charge in [0.2, 0.25) is 0 Å². The lowest BCUT2D eigenvalue weighted by Gasteiger charge is -2.08. The van der Waals surface area contributed by atoms with E-state index in [-0.39, 0.29) is 0 Å². The molecule has 2 rings (SSSR count). The standard InChI is InChI=1S/C14H10I2O2/c15-12-4-1-10(2-5-12)9-18-14-6-3-11(8-17)7-13(14)16/h1-8H,9H2. The van der Waals surface area contributed by atoms with Gasteiger partial charge in [-0.25, -0.2) is 0 Å². The van der Waals surface area contributed by atoms with E-state index in [9.17, 15) is 4.79 Å². The van der Waals surface area contributed by atoms with Crippen LogP contribution in [-0.4, -0.2) is 6.29 Å². The van der Waals surface area contributed by atoms with Gasteiger partial charge >= 0.3 is 0 Å². The molecule has 18 heavy (non-hydrogen) atoms. The van der Waals surface area contributed by atoms with Crippen molar-refractivity contribution in [3.05, 3.63) is 60.7 Å². The van der Waals surface area contributed by atoms with Crippen molar-refractivity contribution < 1.29 is 9.53 Å². The highest BCUT2D eigenvalue weighted by molar-refractivity contribution is 14.1. The Balaban J connectivity index is 2.06. The van der Waals surface area contributed by atoms with Crippen molar-refractivity contribution in [2.45, 2.75) is 6.61 Å².